The number of hydrogen-bond donors (Lipinski definition) is 0. The highest BCUT2D eigenvalue weighted by Gasteiger charge is 2.23. The van der Waals surface area contributed by atoms with Crippen LogP contribution in [0.5, 0.6) is 0 Å². The van der Waals surface area contributed by atoms with Gasteiger partial charge in [-0.05, 0) is 66.7 Å². The molecule has 0 aliphatic heterocycles. The molecule has 0 radical (unpaired) electrons. The molecule has 0 amide bonds. The minimum Gasteiger partial charge on any atom is -0.208 e. The second-order valence-corrected chi connectivity index (χ2v) is 15.0. The summed E-state index contributed by atoms with van der Waals surface area (Å²) >= 11 is 1.79. The summed E-state index contributed by atoms with van der Waals surface area (Å²) in [5, 5.41) is 9.28. The summed E-state index contributed by atoms with van der Waals surface area (Å²) in [6.07, 6.45) is 0. The van der Waals surface area contributed by atoms with Crippen molar-refractivity contribution in [3.63, 3.8) is 0 Å². The van der Waals surface area contributed by atoms with E-state index in [1.165, 1.54) is 30.9 Å². The highest BCUT2D eigenvalue weighted by molar-refractivity contribution is 7.26. The molecule has 0 aliphatic rings. The summed E-state index contributed by atoms with van der Waals surface area (Å²) in [6, 6.07) is 66.8. The van der Waals surface area contributed by atoms with Crippen LogP contribution in [0.4, 0.5) is 0 Å². The molecule has 0 saturated carbocycles. The molecule has 11 aromatic rings. The lowest BCUT2D eigenvalue weighted by Gasteiger charge is -2.18. The van der Waals surface area contributed by atoms with Crippen LogP contribution in [-0.4, -0.2) is 15.0 Å². The lowest BCUT2D eigenvalue weighted by atomic mass is 9.90. The third kappa shape index (κ3) is 5.22. The topological polar surface area (TPSA) is 38.7 Å². The highest BCUT2D eigenvalue weighted by atomic mass is 32.1. The third-order valence-electron chi connectivity index (χ3n) is 10.8. The van der Waals surface area contributed by atoms with E-state index in [-0.39, 0.29) is 0 Å². The first-order chi connectivity index (χ1) is 27.3. The molecule has 0 N–H and O–H groups in total. The van der Waals surface area contributed by atoms with Crippen molar-refractivity contribution in [3.05, 3.63) is 188 Å². The van der Waals surface area contributed by atoms with Gasteiger partial charge in [0.2, 0.25) is 0 Å². The predicted molar refractivity (Wildman–Crippen MR) is 232 cm³/mol. The van der Waals surface area contributed by atoms with E-state index >= 15 is 0 Å². The third-order valence-corrected chi connectivity index (χ3v) is 12.0. The Hall–Kier alpha value is -7.01. The first-order valence-corrected chi connectivity index (χ1v) is 19.3. The Labute approximate surface area is 321 Å². The van der Waals surface area contributed by atoms with Crippen LogP contribution in [0.25, 0.3) is 109 Å². The van der Waals surface area contributed by atoms with Crippen LogP contribution in [0, 0.1) is 0 Å². The fraction of sp³-hybridized carbons (Fsp3) is 0. The lowest BCUT2D eigenvalue weighted by molar-refractivity contribution is 1.08. The van der Waals surface area contributed by atoms with E-state index in [1.54, 1.807) is 11.3 Å². The molecule has 256 valence electrons. The SMILES string of the molecule is c1ccc(-c2ccc3ccccc3c2-c2nc(-c3c(-c4cccc5ccccc45)ccc4ccccc34)nc(-c3cccc4c3sc3ccccc34)n2)cc1. The number of thiophene rings is 1. The maximum Gasteiger partial charge on any atom is 0.165 e. The monoisotopic (exact) mass is 717 g/mol. The number of aromatic nitrogens is 3. The molecule has 0 spiro atoms. The zero-order valence-electron chi connectivity index (χ0n) is 29.6. The Morgan fingerprint density at radius 2 is 0.782 bits per heavy atom. The van der Waals surface area contributed by atoms with Crippen LogP contribution in [0.3, 0.4) is 0 Å². The zero-order chi connectivity index (χ0) is 36.3. The van der Waals surface area contributed by atoms with Gasteiger partial charge in [-0.3, -0.25) is 0 Å². The molecule has 9 aromatic carbocycles. The Morgan fingerprint density at radius 1 is 0.291 bits per heavy atom. The van der Waals surface area contributed by atoms with Crippen LogP contribution in [0.2, 0.25) is 0 Å². The summed E-state index contributed by atoms with van der Waals surface area (Å²) in [5.41, 5.74) is 7.39. The Kier molecular flexibility index (Phi) is 7.35. The lowest BCUT2D eigenvalue weighted by Crippen LogP contribution is -2.03. The van der Waals surface area contributed by atoms with Crippen LogP contribution in [-0.2, 0) is 0 Å². The smallest absolute Gasteiger partial charge is 0.165 e. The summed E-state index contributed by atoms with van der Waals surface area (Å²) in [7, 11) is 0. The summed E-state index contributed by atoms with van der Waals surface area (Å²) in [6.45, 7) is 0. The van der Waals surface area contributed by atoms with Crippen molar-refractivity contribution < 1.29 is 0 Å². The second kappa shape index (κ2) is 12.8. The molecule has 2 heterocycles. The fourth-order valence-electron chi connectivity index (χ4n) is 8.21. The molecule has 0 fully saturated rings. The predicted octanol–water partition coefficient (Wildman–Crippen LogP) is 14.0. The van der Waals surface area contributed by atoms with Crippen LogP contribution in [0.1, 0.15) is 0 Å². The number of rotatable bonds is 5. The Morgan fingerprint density at radius 3 is 1.51 bits per heavy atom. The number of benzene rings is 9. The molecular weight excluding hydrogens is 687 g/mol. The first kappa shape index (κ1) is 31.5. The molecular formula is C51H31N3S. The van der Waals surface area contributed by atoms with Crippen molar-refractivity contribution >= 4 is 63.8 Å². The molecule has 11 rings (SSSR count). The van der Waals surface area contributed by atoms with Crippen LogP contribution >= 0.6 is 11.3 Å². The van der Waals surface area contributed by atoms with E-state index in [4.69, 9.17) is 15.0 Å². The van der Waals surface area contributed by atoms with Crippen LogP contribution < -0.4 is 0 Å². The molecule has 0 atom stereocenters. The molecule has 55 heavy (non-hydrogen) atoms. The number of fused-ring (bicyclic) bond motifs is 6. The molecule has 0 bridgehead atoms. The first-order valence-electron chi connectivity index (χ1n) is 18.5. The normalized spacial score (nSPS) is 11.6. The average molecular weight is 718 g/mol. The number of hydrogen-bond acceptors (Lipinski definition) is 4. The largest absolute Gasteiger partial charge is 0.208 e. The van der Waals surface area contributed by atoms with E-state index < -0.39 is 0 Å². The minimum absolute atomic E-state index is 0.643. The van der Waals surface area contributed by atoms with E-state index in [0.717, 1.165) is 60.5 Å². The summed E-state index contributed by atoms with van der Waals surface area (Å²) in [4.78, 5) is 16.5. The summed E-state index contributed by atoms with van der Waals surface area (Å²) in [5.74, 6) is 1.94. The van der Waals surface area contributed by atoms with Gasteiger partial charge in [0.15, 0.2) is 17.5 Å². The van der Waals surface area contributed by atoms with Gasteiger partial charge in [0.1, 0.15) is 0 Å². The van der Waals surface area contributed by atoms with Crippen molar-refractivity contribution in [2.24, 2.45) is 0 Å². The van der Waals surface area contributed by atoms with E-state index in [2.05, 4.69) is 188 Å². The highest BCUT2D eigenvalue weighted by Crippen LogP contribution is 2.44. The van der Waals surface area contributed by atoms with Gasteiger partial charge >= 0.3 is 0 Å². The Balaban J connectivity index is 1.28. The van der Waals surface area contributed by atoms with Gasteiger partial charge in [-0.25, -0.2) is 15.0 Å². The van der Waals surface area contributed by atoms with Gasteiger partial charge in [0, 0.05) is 36.9 Å². The molecule has 3 nitrogen and oxygen atoms in total. The van der Waals surface area contributed by atoms with Crippen molar-refractivity contribution in [2.45, 2.75) is 0 Å². The van der Waals surface area contributed by atoms with Gasteiger partial charge < -0.3 is 0 Å². The van der Waals surface area contributed by atoms with E-state index in [9.17, 15) is 0 Å². The van der Waals surface area contributed by atoms with Gasteiger partial charge in [0.25, 0.3) is 0 Å². The molecule has 0 saturated heterocycles. The summed E-state index contributed by atoms with van der Waals surface area (Å²) < 4.78 is 2.41. The maximum atomic E-state index is 5.56. The van der Waals surface area contributed by atoms with Crippen molar-refractivity contribution in [2.75, 3.05) is 0 Å². The Bertz CT molecular complexity index is 3270. The van der Waals surface area contributed by atoms with E-state index in [0.29, 0.717) is 17.5 Å². The standard InChI is InChI=1S/C51H31N3S/c1-2-14-33(15-3-1)39-30-28-34-17-5-8-21-37(34)46(39)50-52-49(44-26-13-25-43-41-23-10-11-27-45(41)55-48(43)44)53-51(54-50)47-38-22-9-6-18-35(38)29-31-42(47)40-24-12-19-32-16-4-7-20-36(32)40/h1-31H. The maximum absolute atomic E-state index is 5.56. The number of nitrogens with zero attached hydrogens (tertiary/aromatic N) is 3. The van der Waals surface area contributed by atoms with Crippen LogP contribution in [0.15, 0.2) is 188 Å². The molecule has 4 heteroatoms. The average Bonchev–Trinajstić information content (AvgIpc) is 3.64. The van der Waals surface area contributed by atoms with Gasteiger partial charge in [-0.2, -0.15) is 0 Å². The minimum atomic E-state index is 0.643. The molecule has 2 aromatic heterocycles. The van der Waals surface area contributed by atoms with Gasteiger partial charge in [-0.1, -0.05) is 176 Å². The van der Waals surface area contributed by atoms with Crippen molar-refractivity contribution in [3.8, 4) is 56.4 Å². The van der Waals surface area contributed by atoms with Crippen molar-refractivity contribution in [1.82, 2.24) is 15.0 Å². The van der Waals surface area contributed by atoms with E-state index in [1.807, 2.05) is 0 Å². The van der Waals surface area contributed by atoms with Gasteiger partial charge in [0.05, 0.1) is 0 Å². The zero-order valence-corrected chi connectivity index (χ0v) is 30.5. The van der Waals surface area contributed by atoms with Crippen molar-refractivity contribution in [1.29, 1.82) is 0 Å². The fourth-order valence-corrected chi connectivity index (χ4v) is 9.42. The van der Waals surface area contributed by atoms with Gasteiger partial charge in [-0.15, -0.1) is 11.3 Å². The molecule has 0 unspecified atom stereocenters. The second-order valence-electron chi connectivity index (χ2n) is 13.9. The quantitative estimate of drug-likeness (QED) is 0.178. The molecule has 0 aliphatic carbocycles.